The van der Waals surface area contributed by atoms with Crippen molar-refractivity contribution in [1.29, 1.82) is 5.26 Å². The number of carbonyl (C=O) groups is 2. The molecule has 1 amide bonds. The van der Waals surface area contributed by atoms with E-state index in [1.807, 2.05) is 18.4 Å². The lowest BCUT2D eigenvalue weighted by Gasteiger charge is -2.16. The van der Waals surface area contributed by atoms with Gasteiger partial charge in [-0.15, -0.1) is 0 Å². The molecule has 1 saturated heterocycles. The van der Waals surface area contributed by atoms with Gasteiger partial charge in [-0.1, -0.05) is 0 Å². The van der Waals surface area contributed by atoms with Crippen LogP contribution in [0.3, 0.4) is 0 Å². The molecule has 1 fully saturated rings. The lowest BCUT2D eigenvalue weighted by atomic mass is 10.2. The molecule has 2 aromatic heterocycles. The van der Waals surface area contributed by atoms with Crippen LogP contribution in [-0.2, 0) is 20.8 Å². The maximum atomic E-state index is 12.3. The second-order valence-electron chi connectivity index (χ2n) is 6.50. The van der Waals surface area contributed by atoms with Crippen LogP contribution >= 0.6 is 0 Å². The van der Waals surface area contributed by atoms with Gasteiger partial charge in [0.15, 0.2) is 6.61 Å². The Balaban J connectivity index is 1.72. The van der Waals surface area contributed by atoms with Gasteiger partial charge in [0.25, 0.3) is 5.91 Å². The summed E-state index contributed by atoms with van der Waals surface area (Å²) in [5, 5.41) is 12.2. The van der Waals surface area contributed by atoms with Gasteiger partial charge in [0, 0.05) is 18.5 Å². The fraction of sp³-hybridized carbons (Fsp3) is 0.421. The first-order valence-corrected chi connectivity index (χ1v) is 8.83. The van der Waals surface area contributed by atoms with Crippen molar-refractivity contribution < 1.29 is 19.1 Å². The third-order valence-electron chi connectivity index (χ3n) is 4.76. The average Bonchev–Trinajstić information content (AvgIpc) is 3.40. The van der Waals surface area contributed by atoms with Crippen LogP contribution in [0.2, 0.25) is 0 Å². The Bertz CT molecular complexity index is 871. The number of hydrogen-bond acceptors (Lipinski definition) is 5. The first-order valence-electron chi connectivity index (χ1n) is 8.83. The van der Waals surface area contributed by atoms with Crippen LogP contribution in [-0.4, -0.2) is 40.7 Å². The fourth-order valence-electron chi connectivity index (χ4n) is 3.18. The molecule has 2 aromatic rings. The second-order valence-corrected chi connectivity index (χ2v) is 6.50. The van der Waals surface area contributed by atoms with Crippen molar-refractivity contribution in [2.75, 3.05) is 18.5 Å². The number of nitrogens with one attached hydrogen (secondary N) is 2. The Labute approximate surface area is 157 Å². The van der Waals surface area contributed by atoms with Gasteiger partial charge < -0.3 is 24.3 Å². The Morgan fingerprint density at radius 2 is 2.30 bits per heavy atom. The molecule has 142 valence electrons. The van der Waals surface area contributed by atoms with Gasteiger partial charge in [-0.2, -0.15) is 5.26 Å². The molecule has 1 aliphatic heterocycles. The van der Waals surface area contributed by atoms with E-state index >= 15 is 0 Å². The van der Waals surface area contributed by atoms with Gasteiger partial charge in [-0.25, -0.2) is 4.79 Å². The summed E-state index contributed by atoms with van der Waals surface area (Å²) in [5.41, 5.74) is 2.40. The van der Waals surface area contributed by atoms with E-state index < -0.39 is 18.5 Å². The van der Waals surface area contributed by atoms with E-state index in [2.05, 4.69) is 16.4 Å². The van der Waals surface area contributed by atoms with E-state index in [0.29, 0.717) is 17.9 Å². The van der Waals surface area contributed by atoms with Crippen molar-refractivity contribution in [3.63, 3.8) is 0 Å². The minimum Gasteiger partial charge on any atom is -0.451 e. The van der Waals surface area contributed by atoms with E-state index in [0.717, 1.165) is 30.7 Å². The highest BCUT2D eigenvalue weighted by atomic mass is 16.5. The molecule has 2 N–H and O–H groups in total. The van der Waals surface area contributed by atoms with Crippen LogP contribution in [0.4, 0.5) is 5.82 Å². The van der Waals surface area contributed by atoms with E-state index in [1.54, 1.807) is 18.3 Å². The summed E-state index contributed by atoms with van der Waals surface area (Å²) >= 11 is 0. The number of aromatic amines is 1. The van der Waals surface area contributed by atoms with Gasteiger partial charge in [-0.05, 0) is 44.4 Å². The molecule has 8 nitrogen and oxygen atoms in total. The minimum atomic E-state index is -0.613. The third kappa shape index (κ3) is 4.04. The summed E-state index contributed by atoms with van der Waals surface area (Å²) in [5.74, 6) is -0.695. The van der Waals surface area contributed by atoms with Crippen molar-refractivity contribution in [3.8, 4) is 6.07 Å². The molecule has 3 rings (SSSR count). The van der Waals surface area contributed by atoms with Crippen molar-refractivity contribution in [1.82, 2.24) is 9.55 Å². The highest BCUT2D eigenvalue weighted by Crippen LogP contribution is 2.28. The molecule has 0 bridgehead atoms. The number of hydrogen-bond donors (Lipinski definition) is 2. The topological polar surface area (TPSA) is 109 Å². The van der Waals surface area contributed by atoms with E-state index in [9.17, 15) is 14.9 Å². The van der Waals surface area contributed by atoms with Crippen LogP contribution in [0.1, 0.15) is 40.2 Å². The van der Waals surface area contributed by atoms with Crippen molar-refractivity contribution >= 4 is 17.7 Å². The van der Waals surface area contributed by atoms with Gasteiger partial charge in [0.2, 0.25) is 0 Å². The monoisotopic (exact) mass is 370 g/mol. The largest absolute Gasteiger partial charge is 0.451 e. The molecule has 8 heteroatoms. The minimum absolute atomic E-state index is 0.0587. The number of ether oxygens (including phenoxy) is 2. The summed E-state index contributed by atoms with van der Waals surface area (Å²) in [6.45, 7) is 4.61. The molecule has 3 heterocycles. The van der Waals surface area contributed by atoms with Crippen LogP contribution in [0.5, 0.6) is 0 Å². The molecule has 0 spiro atoms. The molecular weight excluding hydrogens is 348 g/mol. The normalized spacial score (nSPS) is 16.1. The quantitative estimate of drug-likeness (QED) is 0.758. The van der Waals surface area contributed by atoms with Crippen LogP contribution in [0, 0.1) is 25.2 Å². The number of nitrogens with zero attached hydrogens (tertiary/aromatic N) is 2. The highest BCUT2D eigenvalue weighted by molar-refractivity contribution is 5.95. The number of carbonyl (C=O) groups excluding carboxylic acids is 2. The number of rotatable bonds is 6. The Morgan fingerprint density at radius 1 is 1.48 bits per heavy atom. The predicted octanol–water partition coefficient (Wildman–Crippen LogP) is 2.28. The van der Waals surface area contributed by atoms with Crippen LogP contribution < -0.4 is 5.32 Å². The molecule has 1 aliphatic rings. The molecule has 0 radical (unpaired) electrons. The SMILES string of the molecule is Cc1c(C#N)c(NC(=O)COC(=O)c2ccc[nH]2)n(C[C@@H]2CCCO2)c1C. The molecule has 0 saturated carbocycles. The molecule has 1 atom stereocenters. The standard InChI is InChI=1S/C19H22N4O4/c1-12-13(2)23(10-14-5-4-8-26-14)18(15(12)9-20)22-17(24)11-27-19(25)16-6-3-7-21-16/h3,6-7,14,21H,4-5,8,10-11H2,1-2H3,(H,22,24)/t14-/m0/s1. The van der Waals surface area contributed by atoms with Gasteiger partial charge >= 0.3 is 5.97 Å². The second kappa shape index (κ2) is 8.10. The number of amides is 1. The van der Waals surface area contributed by atoms with E-state index in [4.69, 9.17) is 9.47 Å². The fourth-order valence-corrected chi connectivity index (χ4v) is 3.18. The summed E-state index contributed by atoms with van der Waals surface area (Å²) in [7, 11) is 0. The molecule has 0 aromatic carbocycles. The molecule has 0 unspecified atom stereocenters. The van der Waals surface area contributed by atoms with Crippen LogP contribution in [0.15, 0.2) is 18.3 Å². The first-order chi connectivity index (χ1) is 13.0. The zero-order chi connectivity index (χ0) is 19.4. The van der Waals surface area contributed by atoms with Gasteiger partial charge in [0.1, 0.15) is 17.6 Å². The Morgan fingerprint density at radius 3 is 2.93 bits per heavy atom. The summed E-state index contributed by atoms with van der Waals surface area (Å²) < 4.78 is 12.6. The smallest absolute Gasteiger partial charge is 0.355 e. The predicted molar refractivity (Wildman–Crippen MR) is 97.3 cm³/mol. The van der Waals surface area contributed by atoms with Crippen LogP contribution in [0.25, 0.3) is 0 Å². The molecule has 27 heavy (non-hydrogen) atoms. The van der Waals surface area contributed by atoms with Crippen molar-refractivity contribution in [2.45, 2.75) is 39.3 Å². The molecule has 0 aliphatic carbocycles. The maximum Gasteiger partial charge on any atom is 0.355 e. The first kappa shape index (κ1) is 18.7. The molecular formula is C19H22N4O4. The number of anilines is 1. The van der Waals surface area contributed by atoms with Crippen molar-refractivity contribution in [3.05, 3.63) is 40.8 Å². The lowest BCUT2D eigenvalue weighted by molar-refractivity contribution is -0.119. The maximum absolute atomic E-state index is 12.3. The van der Waals surface area contributed by atoms with E-state index in [1.165, 1.54) is 0 Å². The van der Waals surface area contributed by atoms with Gasteiger partial charge in [-0.3, -0.25) is 4.79 Å². The number of H-pyrrole nitrogens is 1. The summed E-state index contributed by atoms with van der Waals surface area (Å²) in [6, 6.07) is 5.38. The lowest BCUT2D eigenvalue weighted by Crippen LogP contribution is -2.25. The third-order valence-corrected chi connectivity index (χ3v) is 4.76. The zero-order valence-electron chi connectivity index (χ0n) is 15.4. The summed E-state index contributed by atoms with van der Waals surface area (Å²) in [6.07, 6.45) is 3.60. The zero-order valence-corrected chi connectivity index (χ0v) is 15.4. The number of esters is 1. The Kier molecular flexibility index (Phi) is 5.62. The van der Waals surface area contributed by atoms with Crippen molar-refractivity contribution in [2.24, 2.45) is 0 Å². The Hall–Kier alpha value is -3.05. The highest BCUT2D eigenvalue weighted by Gasteiger charge is 2.24. The van der Waals surface area contributed by atoms with E-state index in [-0.39, 0.29) is 11.8 Å². The number of aromatic nitrogens is 2. The van der Waals surface area contributed by atoms with Gasteiger partial charge in [0.05, 0.1) is 18.2 Å². The summed E-state index contributed by atoms with van der Waals surface area (Å²) in [4.78, 5) is 26.9. The average molecular weight is 370 g/mol. The number of nitriles is 1.